The average molecular weight is 408 g/mol. The smallest absolute Gasteiger partial charge is 0.322 e. The lowest BCUT2D eigenvalue weighted by Gasteiger charge is -2.34. The Balaban J connectivity index is 2.02. The molecule has 2 aromatic rings. The van der Waals surface area contributed by atoms with Gasteiger partial charge in [0, 0.05) is 25.3 Å². The fourth-order valence-electron chi connectivity index (χ4n) is 3.70. The lowest BCUT2D eigenvalue weighted by molar-refractivity contribution is -0.140. The Bertz CT molecular complexity index is 1040. The van der Waals surface area contributed by atoms with E-state index < -0.39 is 41.3 Å². The first-order valence-corrected chi connectivity index (χ1v) is 9.54. The number of nitrogens with one attached hydrogen (secondary N) is 1. The monoisotopic (exact) mass is 408 g/mol. The Morgan fingerprint density at radius 2 is 1.63 bits per heavy atom. The maximum Gasteiger partial charge on any atom is 0.322 e. The van der Waals surface area contributed by atoms with Crippen LogP contribution in [0.25, 0.3) is 11.1 Å². The SMILES string of the molecule is CN(C)c1ccc(-c2ccc3c(c2)C(=O)C(C(=O)NCC(=O)O)C(=O)C3(C)C)cc1. The summed E-state index contributed by atoms with van der Waals surface area (Å²) in [5.74, 6) is -4.83. The molecule has 1 unspecified atom stereocenters. The van der Waals surface area contributed by atoms with E-state index in [1.54, 1.807) is 26.0 Å². The topological polar surface area (TPSA) is 104 Å². The van der Waals surface area contributed by atoms with Gasteiger partial charge >= 0.3 is 5.97 Å². The molecule has 0 saturated heterocycles. The summed E-state index contributed by atoms with van der Waals surface area (Å²) in [7, 11) is 3.89. The van der Waals surface area contributed by atoms with E-state index in [2.05, 4.69) is 5.32 Å². The Morgan fingerprint density at radius 3 is 2.20 bits per heavy atom. The maximum atomic E-state index is 13.1. The molecule has 7 nitrogen and oxygen atoms in total. The standard InChI is InChI=1S/C23H24N2O5/c1-23(2)17-10-7-14(13-5-8-15(9-6-13)25(3)4)11-16(17)20(28)19(21(23)29)22(30)24-12-18(26)27/h5-11,19H,12H2,1-4H3,(H,24,30)(H,26,27). The van der Waals surface area contributed by atoms with E-state index in [0.29, 0.717) is 11.1 Å². The predicted molar refractivity (Wildman–Crippen MR) is 113 cm³/mol. The van der Waals surface area contributed by atoms with Gasteiger partial charge in [-0.05, 0) is 48.7 Å². The van der Waals surface area contributed by atoms with Crippen LogP contribution in [0.1, 0.15) is 29.8 Å². The lowest BCUT2D eigenvalue weighted by atomic mass is 9.66. The maximum absolute atomic E-state index is 13.1. The van der Waals surface area contributed by atoms with Crippen molar-refractivity contribution in [3.8, 4) is 11.1 Å². The number of hydrogen-bond acceptors (Lipinski definition) is 5. The molecule has 7 heteroatoms. The van der Waals surface area contributed by atoms with E-state index in [0.717, 1.165) is 16.8 Å². The third-order valence-electron chi connectivity index (χ3n) is 5.49. The number of carboxylic acid groups (broad SMARTS) is 1. The van der Waals surface area contributed by atoms with Gasteiger partial charge in [-0.3, -0.25) is 19.2 Å². The van der Waals surface area contributed by atoms with Gasteiger partial charge in [-0.1, -0.05) is 24.3 Å². The molecule has 0 fully saturated rings. The molecule has 0 heterocycles. The average Bonchev–Trinajstić information content (AvgIpc) is 2.71. The number of carbonyl (C=O) groups is 4. The number of carboxylic acids is 1. The van der Waals surface area contributed by atoms with Gasteiger partial charge in [0.2, 0.25) is 5.91 Å². The molecule has 1 aliphatic rings. The zero-order valence-corrected chi connectivity index (χ0v) is 17.4. The van der Waals surface area contributed by atoms with Gasteiger partial charge in [0.25, 0.3) is 0 Å². The van der Waals surface area contributed by atoms with Crippen molar-refractivity contribution in [1.29, 1.82) is 0 Å². The molecule has 0 spiro atoms. The molecule has 0 saturated carbocycles. The zero-order chi connectivity index (χ0) is 22.2. The Hall–Kier alpha value is -3.48. The molecule has 30 heavy (non-hydrogen) atoms. The molecule has 0 bridgehead atoms. The number of ketones is 2. The van der Waals surface area contributed by atoms with Crippen molar-refractivity contribution < 1.29 is 24.3 Å². The number of rotatable bonds is 5. The molecule has 0 aromatic heterocycles. The normalized spacial score (nSPS) is 17.3. The minimum Gasteiger partial charge on any atom is -0.480 e. The second-order valence-corrected chi connectivity index (χ2v) is 8.10. The van der Waals surface area contributed by atoms with Crippen LogP contribution in [0.4, 0.5) is 5.69 Å². The molecule has 0 radical (unpaired) electrons. The van der Waals surface area contributed by atoms with Crippen molar-refractivity contribution in [1.82, 2.24) is 5.32 Å². The van der Waals surface area contributed by atoms with Crippen LogP contribution in [0.3, 0.4) is 0 Å². The molecule has 1 atom stereocenters. The minimum absolute atomic E-state index is 0.310. The quantitative estimate of drug-likeness (QED) is 0.736. The van der Waals surface area contributed by atoms with Crippen molar-refractivity contribution in [3.63, 3.8) is 0 Å². The third-order valence-corrected chi connectivity index (χ3v) is 5.49. The van der Waals surface area contributed by atoms with Crippen molar-refractivity contribution in [2.75, 3.05) is 25.5 Å². The number of aliphatic carboxylic acids is 1. The van der Waals surface area contributed by atoms with Gasteiger partial charge in [-0.25, -0.2) is 0 Å². The molecule has 156 valence electrons. The van der Waals surface area contributed by atoms with E-state index in [1.165, 1.54) is 0 Å². The number of hydrogen-bond donors (Lipinski definition) is 2. The van der Waals surface area contributed by atoms with E-state index >= 15 is 0 Å². The molecule has 0 aliphatic heterocycles. The molecule has 3 rings (SSSR count). The summed E-state index contributed by atoms with van der Waals surface area (Å²) < 4.78 is 0. The number of amides is 1. The van der Waals surface area contributed by atoms with Gasteiger partial charge in [0.15, 0.2) is 17.5 Å². The van der Waals surface area contributed by atoms with Crippen LogP contribution in [0, 0.1) is 5.92 Å². The second kappa shape index (κ2) is 7.74. The number of Topliss-reactive ketones (excluding diaryl/α,β-unsaturated/α-hetero) is 2. The zero-order valence-electron chi connectivity index (χ0n) is 17.4. The first kappa shape index (κ1) is 21.2. The summed E-state index contributed by atoms with van der Waals surface area (Å²) in [5, 5.41) is 10.9. The van der Waals surface area contributed by atoms with E-state index in [1.807, 2.05) is 49.3 Å². The summed E-state index contributed by atoms with van der Waals surface area (Å²) in [5.41, 5.74) is 2.55. The summed E-state index contributed by atoms with van der Waals surface area (Å²) in [6.07, 6.45) is 0. The summed E-state index contributed by atoms with van der Waals surface area (Å²) >= 11 is 0. The largest absolute Gasteiger partial charge is 0.480 e. The number of nitrogens with zero attached hydrogens (tertiary/aromatic N) is 1. The van der Waals surface area contributed by atoms with Gasteiger partial charge in [0.05, 0.1) is 5.41 Å². The number of benzene rings is 2. The van der Waals surface area contributed by atoms with Crippen LogP contribution in [0.5, 0.6) is 0 Å². The second-order valence-electron chi connectivity index (χ2n) is 8.10. The van der Waals surface area contributed by atoms with Gasteiger partial charge in [-0.15, -0.1) is 0 Å². The van der Waals surface area contributed by atoms with Gasteiger partial charge in [-0.2, -0.15) is 0 Å². The van der Waals surface area contributed by atoms with E-state index in [9.17, 15) is 19.2 Å². The number of fused-ring (bicyclic) bond motifs is 1. The third kappa shape index (κ3) is 3.70. The van der Waals surface area contributed by atoms with E-state index in [-0.39, 0.29) is 0 Å². The van der Waals surface area contributed by atoms with Crippen LogP contribution in [-0.4, -0.2) is 49.2 Å². The predicted octanol–water partition coefficient (Wildman–Crippen LogP) is 2.28. The summed E-state index contributed by atoms with van der Waals surface area (Å²) in [4.78, 5) is 51.2. The fraction of sp³-hybridized carbons (Fsp3) is 0.304. The van der Waals surface area contributed by atoms with Crippen molar-refractivity contribution in [2.24, 2.45) is 5.92 Å². The van der Waals surface area contributed by atoms with Gasteiger partial charge in [0.1, 0.15) is 6.54 Å². The Morgan fingerprint density at radius 1 is 1.03 bits per heavy atom. The highest BCUT2D eigenvalue weighted by Crippen LogP contribution is 2.39. The molecule has 1 amide bonds. The molecular weight excluding hydrogens is 384 g/mol. The lowest BCUT2D eigenvalue weighted by Crippen LogP contribution is -2.51. The minimum atomic E-state index is -1.56. The Kier molecular flexibility index (Phi) is 5.48. The van der Waals surface area contributed by atoms with Crippen molar-refractivity contribution in [2.45, 2.75) is 19.3 Å². The molecule has 2 N–H and O–H groups in total. The highest BCUT2D eigenvalue weighted by molar-refractivity contribution is 6.29. The molecular formula is C23H24N2O5. The molecule has 1 aliphatic carbocycles. The highest BCUT2D eigenvalue weighted by atomic mass is 16.4. The number of carbonyl (C=O) groups excluding carboxylic acids is 3. The van der Waals surface area contributed by atoms with Crippen molar-refractivity contribution in [3.05, 3.63) is 53.6 Å². The van der Waals surface area contributed by atoms with Crippen LogP contribution >= 0.6 is 0 Å². The summed E-state index contributed by atoms with van der Waals surface area (Å²) in [6.45, 7) is 2.69. The van der Waals surface area contributed by atoms with Gasteiger partial charge < -0.3 is 15.3 Å². The highest BCUT2D eigenvalue weighted by Gasteiger charge is 2.49. The van der Waals surface area contributed by atoms with Crippen LogP contribution in [0.15, 0.2) is 42.5 Å². The Labute approximate surface area is 174 Å². The van der Waals surface area contributed by atoms with Crippen LogP contribution < -0.4 is 10.2 Å². The fourth-order valence-corrected chi connectivity index (χ4v) is 3.70. The first-order chi connectivity index (χ1) is 14.0. The first-order valence-electron chi connectivity index (χ1n) is 9.54. The summed E-state index contributed by atoms with van der Waals surface area (Å²) in [6, 6.07) is 13.1. The van der Waals surface area contributed by atoms with Crippen molar-refractivity contribution >= 4 is 29.1 Å². The van der Waals surface area contributed by atoms with E-state index in [4.69, 9.17) is 5.11 Å². The molecule has 2 aromatic carbocycles. The van der Waals surface area contributed by atoms with Crippen LogP contribution in [-0.2, 0) is 19.8 Å². The number of anilines is 1. The van der Waals surface area contributed by atoms with Crippen LogP contribution in [0.2, 0.25) is 0 Å².